The van der Waals surface area contributed by atoms with E-state index in [4.69, 9.17) is 20.9 Å². The summed E-state index contributed by atoms with van der Waals surface area (Å²) in [5, 5.41) is 6.77. The summed E-state index contributed by atoms with van der Waals surface area (Å²) in [6.45, 7) is 3.35. The summed E-state index contributed by atoms with van der Waals surface area (Å²) >= 11 is 5.95. The van der Waals surface area contributed by atoms with Crippen molar-refractivity contribution in [1.29, 1.82) is 0 Å². The van der Waals surface area contributed by atoms with Crippen LogP contribution >= 0.6 is 11.6 Å². The number of rotatable bonds is 5. The zero-order valence-corrected chi connectivity index (χ0v) is 12.0. The van der Waals surface area contributed by atoms with E-state index in [-0.39, 0.29) is 5.28 Å². The van der Waals surface area contributed by atoms with Gasteiger partial charge >= 0.3 is 0 Å². The van der Waals surface area contributed by atoms with E-state index < -0.39 is 0 Å². The van der Waals surface area contributed by atoms with E-state index in [0.717, 1.165) is 13.1 Å². The van der Waals surface area contributed by atoms with Crippen LogP contribution in [0.4, 0.5) is 11.9 Å². The molecule has 1 aliphatic heterocycles. The van der Waals surface area contributed by atoms with Gasteiger partial charge in [0.1, 0.15) is 0 Å². The molecule has 10 heteroatoms. The highest BCUT2D eigenvalue weighted by Gasteiger charge is 2.16. The van der Waals surface area contributed by atoms with E-state index in [1.54, 1.807) is 0 Å². The van der Waals surface area contributed by atoms with Gasteiger partial charge < -0.3 is 19.5 Å². The average Bonchev–Trinajstić information content (AvgIpc) is 3.01. The fraction of sp³-hybridized carbons (Fsp3) is 0.545. The summed E-state index contributed by atoms with van der Waals surface area (Å²) in [6, 6.07) is 0. The first-order valence-electron chi connectivity index (χ1n) is 6.55. The van der Waals surface area contributed by atoms with Gasteiger partial charge in [0.15, 0.2) is 6.33 Å². The zero-order chi connectivity index (χ0) is 14.5. The second-order valence-corrected chi connectivity index (χ2v) is 4.68. The van der Waals surface area contributed by atoms with E-state index >= 15 is 0 Å². The summed E-state index contributed by atoms with van der Waals surface area (Å²) in [5.41, 5.74) is 0. The molecule has 2 aromatic rings. The van der Waals surface area contributed by atoms with Crippen molar-refractivity contribution in [2.45, 2.75) is 6.42 Å². The second kappa shape index (κ2) is 6.64. The highest BCUT2D eigenvalue weighted by Crippen LogP contribution is 2.15. The first-order valence-corrected chi connectivity index (χ1v) is 6.93. The maximum atomic E-state index is 5.95. The van der Waals surface area contributed by atoms with Crippen molar-refractivity contribution in [3.63, 3.8) is 0 Å². The van der Waals surface area contributed by atoms with Crippen LogP contribution in [0.2, 0.25) is 5.28 Å². The van der Waals surface area contributed by atoms with Gasteiger partial charge in [0, 0.05) is 26.1 Å². The van der Waals surface area contributed by atoms with E-state index in [1.165, 1.54) is 6.33 Å². The van der Waals surface area contributed by atoms with E-state index in [1.807, 2.05) is 4.90 Å². The van der Waals surface area contributed by atoms with E-state index in [0.29, 0.717) is 44.0 Å². The molecule has 1 fully saturated rings. The molecule has 3 heterocycles. The molecule has 3 rings (SSSR count). The van der Waals surface area contributed by atoms with Gasteiger partial charge in [-0.3, -0.25) is 0 Å². The van der Waals surface area contributed by atoms with Crippen molar-refractivity contribution in [1.82, 2.24) is 25.1 Å². The molecular weight excluding hydrogens is 298 g/mol. The Morgan fingerprint density at radius 2 is 2.10 bits per heavy atom. The zero-order valence-electron chi connectivity index (χ0n) is 11.2. The van der Waals surface area contributed by atoms with Crippen LogP contribution in [-0.4, -0.2) is 57.9 Å². The molecule has 0 amide bonds. The minimum absolute atomic E-state index is 0.159. The van der Waals surface area contributed by atoms with Crippen molar-refractivity contribution in [3.05, 3.63) is 17.5 Å². The average molecular weight is 312 g/mol. The maximum Gasteiger partial charge on any atom is 0.231 e. The molecule has 1 N–H and O–H groups in total. The summed E-state index contributed by atoms with van der Waals surface area (Å²) < 4.78 is 10.2. The number of hydrogen-bond donors (Lipinski definition) is 1. The number of nitrogens with one attached hydrogen (secondary N) is 1. The molecule has 0 spiro atoms. The Labute approximate surface area is 125 Å². The highest BCUT2D eigenvalue weighted by atomic mass is 35.5. The van der Waals surface area contributed by atoms with Crippen molar-refractivity contribution in [3.8, 4) is 0 Å². The quantitative estimate of drug-likeness (QED) is 0.840. The molecule has 0 saturated carbocycles. The SMILES string of the molecule is Clc1nc(NCCc2ncno2)nc(N2CCOCC2)n1. The Morgan fingerprint density at radius 1 is 1.24 bits per heavy atom. The van der Waals surface area contributed by atoms with Crippen LogP contribution in [0.15, 0.2) is 10.9 Å². The maximum absolute atomic E-state index is 5.95. The molecule has 1 saturated heterocycles. The minimum Gasteiger partial charge on any atom is -0.378 e. The standard InChI is InChI=1S/C11H14ClN7O2/c12-9-16-10(13-2-1-8-14-7-15-21-8)18-11(17-9)19-3-5-20-6-4-19/h7H,1-6H2,(H,13,16,17,18). The Hall–Kier alpha value is -2.00. The van der Waals surface area contributed by atoms with Crippen LogP contribution in [0.3, 0.4) is 0 Å². The Morgan fingerprint density at radius 3 is 2.86 bits per heavy atom. The first-order chi connectivity index (χ1) is 10.3. The molecular formula is C11H14ClN7O2. The lowest BCUT2D eigenvalue weighted by Crippen LogP contribution is -2.37. The van der Waals surface area contributed by atoms with Gasteiger partial charge in [0.25, 0.3) is 0 Å². The van der Waals surface area contributed by atoms with Crippen LogP contribution in [0.1, 0.15) is 5.89 Å². The Kier molecular flexibility index (Phi) is 4.41. The summed E-state index contributed by atoms with van der Waals surface area (Å²) in [6.07, 6.45) is 1.95. The largest absolute Gasteiger partial charge is 0.378 e. The topological polar surface area (TPSA) is 102 Å². The third-order valence-corrected chi connectivity index (χ3v) is 3.09. The van der Waals surface area contributed by atoms with Crippen molar-refractivity contribution < 1.29 is 9.26 Å². The summed E-state index contributed by atoms with van der Waals surface area (Å²) in [4.78, 5) is 18.5. The normalized spacial score (nSPS) is 15.2. The van der Waals surface area contributed by atoms with Crippen molar-refractivity contribution in [2.75, 3.05) is 43.1 Å². The molecule has 1 aliphatic rings. The second-order valence-electron chi connectivity index (χ2n) is 4.34. The van der Waals surface area contributed by atoms with Gasteiger partial charge in [-0.15, -0.1) is 0 Å². The fourth-order valence-electron chi connectivity index (χ4n) is 1.91. The lowest BCUT2D eigenvalue weighted by molar-refractivity contribution is 0.122. The lowest BCUT2D eigenvalue weighted by atomic mass is 10.4. The van der Waals surface area contributed by atoms with Crippen LogP contribution in [0, 0.1) is 0 Å². The molecule has 0 radical (unpaired) electrons. The molecule has 0 aromatic carbocycles. The molecule has 0 atom stereocenters. The van der Waals surface area contributed by atoms with Gasteiger partial charge in [-0.05, 0) is 11.6 Å². The third kappa shape index (κ3) is 3.76. The molecule has 0 unspecified atom stereocenters. The Balaban J connectivity index is 1.63. The highest BCUT2D eigenvalue weighted by molar-refractivity contribution is 6.28. The van der Waals surface area contributed by atoms with Gasteiger partial charge in [0.2, 0.25) is 23.1 Å². The van der Waals surface area contributed by atoms with Gasteiger partial charge in [-0.1, -0.05) is 5.16 Å². The van der Waals surface area contributed by atoms with Gasteiger partial charge in [0.05, 0.1) is 13.2 Å². The molecule has 0 bridgehead atoms. The Bertz CT molecular complexity index is 574. The smallest absolute Gasteiger partial charge is 0.231 e. The van der Waals surface area contributed by atoms with Crippen molar-refractivity contribution in [2.24, 2.45) is 0 Å². The minimum atomic E-state index is 0.159. The molecule has 21 heavy (non-hydrogen) atoms. The number of nitrogens with zero attached hydrogens (tertiary/aromatic N) is 6. The van der Waals surface area contributed by atoms with Gasteiger partial charge in [-0.25, -0.2) is 0 Å². The molecule has 112 valence electrons. The number of hydrogen-bond acceptors (Lipinski definition) is 9. The van der Waals surface area contributed by atoms with Crippen LogP contribution in [0.5, 0.6) is 0 Å². The number of anilines is 2. The molecule has 0 aliphatic carbocycles. The number of ether oxygens (including phenoxy) is 1. The number of aromatic nitrogens is 5. The first kappa shape index (κ1) is 14.0. The number of halogens is 1. The summed E-state index contributed by atoms with van der Waals surface area (Å²) in [7, 11) is 0. The third-order valence-electron chi connectivity index (χ3n) is 2.92. The molecule has 9 nitrogen and oxygen atoms in total. The van der Waals surface area contributed by atoms with Crippen LogP contribution in [-0.2, 0) is 11.2 Å². The predicted octanol–water partition coefficient (Wildman–Crippen LogP) is 0.399. The van der Waals surface area contributed by atoms with Gasteiger partial charge in [-0.2, -0.15) is 19.9 Å². The predicted molar refractivity (Wildman–Crippen MR) is 74.4 cm³/mol. The number of morpholine rings is 1. The lowest BCUT2D eigenvalue weighted by Gasteiger charge is -2.26. The van der Waals surface area contributed by atoms with Crippen LogP contribution in [0.25, 0.3) is 0 Å². The van der Waals surface area contributed by atoms with Crippen molar-refractivity contribution >= 4 is 23.5 Å². The summed E-state index contributed by atoms with van der Waals surface area (Å²) in [5.74, 6) is 1.53. The fourth-order valence-corrected chi connectivity index (χ4v) is 2.07. The van der Waals surface area contributed by atoms with E-state index in [9.17, 15) is 0 Å². The van der Waals surface area contributed by atoms with E-state index in [2.05, 4.69) is 30.4 Å². The monoisotopic (exact) mass is 311 g/mol. The molecule has 2 aromatic heterocycles. The van der Waals surface area contributed by atoms with Crippen LogP contribution < -0.4 is 10.2 Å².